The summed E-state index contributed by atoms with van der Waals surface area (Å²) in [5, 5.41) is 6.33. The van der Waals surface area contributed by atoms with Crippen molar-refractivity contribution in [1.82, 2.24) is 10.6 Å². The van der Waals surface area contributed by atoms with Crippen LogP contribution in [0.4, 0.5) is 0 Å². The van der Waals surface area contributed by atoms with Crippen LogP contribution in [0.5, 0.6) is 5.75 Å². The fourth-order valence-electron chi connectivity index (χ4n) is 2.34. The van der Waals surface area contributed by atoms with E-state index in [0.717, 1.165) is 43.7 Å². The first-order valence-corrected chi connectivity index (χ1v) is 7.70. The summed E-state index contributed by atoms with van der Waals surface area (Å²) in [5.74, 6) is 0.789. The van der Waals surface area contributed by atoms with Gasteiger partial charge in [-0.15, -0.1) is 0 Å². The van der Waals surface area contributed by atoms with E-state index in [-0.39, 0.29) is 11.9 Å². The van der Waals surface area contributed by atoms with Crippen molar-refractivity contribution in [3.63, 3.8) is 0 Å². The first kappa shape index (κ1) is 15.6. The lowest BCUT2D eigenvalue weighted by atomic mass is 10.1. The zero-order valence-corrected chi connectivity index (χ0v) is 12.6. The molecule has 1 aromatic rings. The molecule has 1 aliphatic heterocycles. The Labute approximate surface area is 126 Å². The predicted octanol–water partition coefficient (Wildman–Crippen LogP) is 2.36. The van der Waals surface area contributed by atoms with Crippen molar-refractivity contribution in [2.75, 3.05) is 19.7 Å². The van der Waals surface area contributed by atoms with Gasteiger partial charge < -0.3 is 15.4 Å². The molecular weight excluding hydrogens is 264 g/mol. The van der Waals surface area contributed by atoms with Gasteiger partial charge in [-0.3, -0.25) is 4.79 Å². The minimum Gasteiger partial charge on any atom is -0.493 e. The number of hydrogen-bond donors (Lipinski definition) is 2. The van der Waals surface area contributed by atoms with E-state index >= 15 is 0 Å². The zero-order chi connectivity index (χ0) is 14.9. The van der Waals surface area contributed by atoms with Crippen LogP contribution in [-0.4, -0.2) is 31.6 Å². The van der Waals surface area contributed by atoms with Crippen LogP contribution in [0.1, 0.15) is 31.7 Å². The second-order valence-corrected chi connectivity index (χ2v) is 5.25. The van der Waals surface area contributed by atoms with Crippen LogP contribution < -0.4 is 15.4 Å². The molecule has 2 N–H and O–H groups in total. The van der Waals surface area contributed by atoms with Gasteiger partial charge in [0.15, 0.2) is 0 Å². The van der Waals surface area contributed by atoms with Gasteiger partial charge >= 0.3 is 0 Å². The molecule has 0 spiro atoms. The highest BCUT2D eigenvalue weighted by atomic mass is 16.5. The maximum Gasteiger partial charge on any atom is 0.244 e. The van der Waals surface area contributed by atoms with Gasteiger partial charge in [-0.1, -0.05) is 25.1 Å². The van der Waals surface area contributed by atoms with Crippen LogP contribution in [-0.2, 0) is 4.79 Å². The van der Waals surface area contributed by atoms with Crippen molar-refractivity contribution in [3.05, 3.63) is 35.9 Å². The lowest BCUT2D eigenvalue weighted by Crippen LogP contribution is -2.42. The topological polar surface area (TPSA) is 50.4 Å². The molecule has 0 atom stereocenters. The molecule has 4 nitrogen and oxygen atoms in total. The summed E-state index contributed by atoms with van der Waals surface area (Å²) in [6.45, 7) is 4.71. The van der Waals surface area contributed by atoms with Crippen molar-refractivity contribution >= 4 is 12.0 Å². The number of amides is 1. The van der Waals surface area contributed by atoms with Gasteiger partial charge in [0, 0.05) is 17.7 Å². The minimum absolute atomic E-state index is 0.0350. The highest BCUT2D eigenvalue weighted by Crippen LogP contribution is 2.19. The molecule has 1 heterocycles. The first-order valence-electron chi connectivity index (χ1n) is 7.70. The van der Waals surface area contributed by atoms with Crippen LogP contribution in [0, 0.1) is 0 Å². The highest BCUT2D eigenvalue weighted by Gasteiger charge is 2.13. The van der Waals surface area contributed by atoms with E-state index in [1.807, 2.05) is 30.3 Å². The zero-order valence-electron chi connectivity index (χ0n) is 12.6. The average molecular weight is 288 g/mol. The van der Waals surface area contributed by atoms with Crippen molar-refractivity contribution in [3.8, 4) is 5.75 Å². The molecule has 1 saturated heterocycles. The molecule has 1 aromatic carbocycles. The number of carbonyl (C=O) groups is 1. The third-order valence-corrected chi connectivity index (χ3v) is 3.48. The van der Waals surface area contributed by atoms with Crippen LogP contribution in [0.15, 0.2) is 30.3 Å². The van der Waals surface area contributed by atoms with Gasteiger partial charge in [-0.2, -0.15) is 0 Å². The first-order chi connectivity index (χ1) is 10.3. The van der Waals surface area contributed by atoms with Gasteiger partial charge in [0.2, 0.25) is 5.91 Å². The molecule has 1 fully saturated rings. The van der Waals surface area contributed by atoms with Gasteiger partial charge in [0.05, 0.1) is 6.61 Å². The maximum absolute atomic E-state index is 12.0. The Bertz CT molecular complexity index is 479. The summed E-state index contributed by atoms with van der Waals surface area (Å²) in [4.78, 5) is 12.0. The number of nitrogens with one attached hydrogen (secondary N) is 2. The minimum atomic E-state index is -0.0350. The molecule has 0 radical (unpaired) electrons. The van der Waals surface area contributed by atoms with E-state index in [1.165, 1.54) is 0 Å². The molecule has 2 rings (SSSR count). The van der Waals surface area contributed by atoms with Gasteiger partial charge in [0.1, 0.15) is 5.75 Å². The van der Waals surface area contributed by atoms with Crippen LogP contribution in [0.2, 0.25) is 0 Å². The summed E-state index contributed by atoms with van der Waals surface area (Å²) in [5.41, 5.74) is 0.936. The molecule has 1 aliphatic rings. The predicted molar refractivity (Wildman–Crippen MR) is 85.3 cm³/mol. The largest absolute Gasteiger partial charge is 0.493 e. The summed E-state index contributed by atoms with van der Waals surface area (Å²) in [7, 11) is 0. The lowest BCUT2D eigenvalue weighted by Gasteiger charge is -2.22. The Morgan fingerprint density at radius 3 is 2.90 bits per heavy atom. The molecule has 0 bridgehead atoms. The maximum atomic E-state index is 12.0. The Morgan fingerprint density at radius 2 is 2.14 bits per heavy atom. The van der Waals surface area contributed by atoms with Gasteiger partial charge in [-0.05, 0) is 44.5 Å². The molecular formula is C17H24N2O2. The van der Waals surface area contributed by atoms with E-state index in [9.17, 15) is 4.79 Å². The SMILES string of the molecule is CCCOc1ccccc1/C=C/C(=O)NC1CCNCC1. The molecule has 4 heteroatoms. The third kappa shape index (κ3) is 5.23. The number of carbonyl (C=O) groups excluding carboxylic acids is 1. The van der Waals surface area contributed by atoms with E-state index in [0.29, 0.717) is 6.61 Å². The summed E-state index contributed by atoms with van der Waals surface area (Å²) >= 11 is 0. The smallest absolute Gasteiger partial charge is 0.244 e. The van der Waals surface area contributed by atoms with Crippen LogP contribution in [0.25, 0.3) is 6.08 Å². The Balaban J connectivity index is 1.91. The molecule has 0 unspecified atom stereocenters. The van der Waals surface area contributed by atoms with Crippen LogP contribution >= 0.6 is 0 Å². The Morgan fingerprint density at radius 1 is 1.38 bits per heavy atom. The fourth-order valence-corrected chi connectivity index (χ4v) is 2.34. The quantitative estimate of drug-likeness (QED) is 0.790. The number of para-hydroxylation sites is 1. The third-order valence-electron chi connectivity index (χ3n) is 3.48. The molecule has 0 aliphatic carbocycles. The lowest BCUT2D eigenvalue weighted by molar-refractivity contribution is -0.117. The second-order valence-electron chi connectivity index (χ2n) is 5.25. The van der Waals surface area contributed by atoms with Gasteiger partial charge in [0.25, 0.3) is 0 Å². The number of benzene rings is 1. The average Bonchev–Trinajstić information content (AvgIpc) is 2.52. The number of hydrogen-bond acceptors (Lipinski definition) is 3. The van der Waals surface area contributed by atoms with Gasteiger partial charge in [-0.25, -0.2) is 0 Å². The fraction of sp³-hybridized carbons (Fsp3) is 0.471. The monoisotopic (exact) mass is 288 g/mol. The molecule has 21 heavy (non-hydrogen) atoms. The van der Waals surface area contributed by atoms with E-state index < -0.39 is 0 Å². The summed E-state index contributed by atoms with van der Waals surface area (Å²) in [6.07, 6.45) is 6.37. The van der Waals surface area contributed by atoms with Crippen molar-refractivity contribution < 1.29 is 9.53 Å². The van der Waals surface area contributed by atoms with E-state index in [1.54, 1.807) is 6.08 Å². The standard InChI is InChI=1S/C17H24N2O2/c1-2-13-21-16-6-4-3-5-14(16)7-8-17(20)19-15-9-11-18-12-10-15/h3-8,15,18H,2,9-13H2,1H3,(H,19,20)/b8-7+. The second kappa shape index (κ2) is 8.47. The Kier molecular flexibility index (Phi) is 6.28. The summed E-state index contributed by atoms with van der Waals surface area (Å²) in [6, 6.07) is 8.06. The van der Waals surface area contributed by atoms with Crippen molar-refractivity contribution in [1.29, 1.82) is 0 Å². The summed E-state index contributed by atoms with van der Waals surface area (Å²) < 4.78 is 5.68. The van der Waals surface area contributed by atoms with E-state index in [4.69, 9.17) is 4.74 Å². The Hall–Kier alpha value is -1.81. The number of ether oxygens (including phenoxy) is 1. The molecule has 0 saturated carbocycles. The molecule has 1 amide bonds. The van der Waals surface area contributed by atoms with E-state index in [2.05, 4.69) is 17.6 Å². The number of piperidine rings is 1. The number of rotatable bonds is 6. The highest BCUT2D eigenvalue weighted by molar-refractivity contribution is 5.92. The van der Waals surface area contributed by atoms with Crippen molar-refractivity contribution in [2.24, 2.45) is 0 Å². The van der Waals surface area contributed by atoms with Crippen LogP contribution in [0.3, 0.4) is 0 Å². The molecule has 0 aromatic heterocycles. The molecule has 114 valence electrons. The normalized spacial score (nSPS) is 16.0. The van der Waals surface area contributed by atoms with Crippen molar-refractivity contribution in [2.45, 2.75) is 32.2 Å².